The molecule has 0 bridgehead atoms. The van der Waals surface area contributed by atoms with Crippen LogP contribution in [-0.2, 0) is 22.4 Å². The van der Waals surface area contributed by atoms with Crippen molar-refractivity contribution in [3.63, 3.8) is 0 Å². The molecule has 0 radical (unpaired) electrons. The summed E-state index contributed by atoms with van der Waals surface area (Å²) >= 11 is 1.37. The molecule has 1 amide bonds. The Bertz CT molecular complexity index is 1060. The fourth-order valence-electron chi connectivity index (χ4n) is 3.29. The highest BCUT2D eigenvalue weighted by molar-refractivity contribution is 7.16. The lowest BCUT2D eigenvalue weighted by Crippen LogP contribution is -2.21. The zero-order valence-corrected chi connectivity index (χ0v) is 17.2. The number of amides is 1. The van der Waals surface area contributed by atoms with Gasteiger partial charge in [-0.3, -0.25) is 14.9 Å². The number of hydrogen-bond acceptors (Lipinski definition) is 8. The van der Waals surface area contributed by atoms with E-state index in [0.717, 1.165) is 35.8 Å². The molecule has 1 aliphatic carbocycles. The number of fused-ring (bicyclic) bond motifs is 1. The monoisotopic (exact) mass is 429 g/mol. The zero-order chi connectivity index (χ0) is 21.8. The van der Waals surface area contributed by atoms with Crippen LogP contribution in [-0.4, -0.2) is 30.5 Å². The Kier molecular flexibility index (Phi) is 6.32. The number of benzene rings is 1. The third-order valence-electron chi connectivity index (χ3n) is 4.82. The van der Waals surface area contributed by atoms with Gasteiger partial charge in [-0.1, -0.05) is 6.92 Å². The highest BCUT2D eigenvalue weighted by Crippen LogP contribution is 2.39. The number of anilines is 1. The van der Waals surface area contributed by atoms with Crippen LogP contribution in [0.25, 0.3) is 0 Å². The SMILES string of the molecule is COc1ccc(C(=O)OCC(=O)Nc2sc3c(c2C#N)CC[C@H](C)C3)cc1[N+](=O)[O-]. The number of nitriles is 1. The van der Waals surface area contributed by atoms with Crippen LogP contribution in [0.3, 0.4) is 0 Å². The van der Waals surface area contributed by atoms with E-state index in [1.54, 1.807) is 0 Å². The van der Waals surface area contributed by atoms with Crippen molar-refractivity contribution in [3.8, 4) is 11.8 Å². The topological polar surface area (TPSA) is 132 Å². The summed E-state index contributed by atoms with van der Waals surface area (Å²) < 4.78 is 9.86. The zero-order valence-electron chi connectivity index (χ0n) is 16.4. The van der Waals surface area contributed by atoms with Crippen LogP contribution in [0.1, 0.15) is 39.7 Å². The standard InChI is InChI=1S/C20H19N3O6S/c1-11-3-5-13-14(9-21)19(30-17(13)7-11)22-18(24)10-29-20(25)12-4-6-16(28-2)15(8-12)23(26)27/h4,6,8,11H,3,5,7,10H2,1-2H3,(H,22,24)/t11-/m0/s1. The fraction of sp³-hybridized carbons (Fsp3) is 0.350. The number of carbonyl (C=O) groups excluding carboxylic acids is 2. The third kappa shape index (κ3) is 4.41. The lowest BCUT2D eigenvalue weighted by atomic mass is 9.89. The number of nitro benzene ring substituents is 1. The van der Waals surface area contributed by atoms with Crippen LogP contribution in [0.5, 0.6) is 5.75 Å². The fourth-order valence-corrected chi connectivity index (χ4v) is 4.67. The molecular formula is C20H19N3O6S. The van der Waals surface area contributed by atoms with E-state index in [1.807, 2.05) is 0 Å². The Morgan fingerprint density at radius 3 is 2.87 bits per heavy atom. The molecule has 1 heterocycles. The summed E-state index contributed by atoms with van der Waals surface area (Å²) in [5, 5.41) is 23.6. The molecule has 0 aliphatic heterocycles. The molecule has 2 aromatic rings. The maximum atomic E-state index is 12.2. The summed E-state index contributed by atoms with van der Waals surface area (Å²) in [4.78, 5) is 35.9. The Hall–Kier alpha value is -3.45. The molecule has 9 nitrogen and oxygen atoms in total. The number of nitrogens with zero attached hydrogens (tertiary/aromatic N) is 2. The van der Waals surface area contributed by atoms with E-state index in [2.05, 4.69) is 18.3 Å². The summed E-state index contributed by atoms with van der Waals surface area (Å²) in [5.41, 5.74) is 0.993. The molecule has 3 rings (SSSR count). The molecule has 1 aromatic carbocycles. The number of carbonyl (C=O) groups is 2. The van der Waals surface area contributed by atoms with E-state index in [4.69, 9.17) is 9.47 Å². The number of hydrogen-bond donors (Lipinski definition) is 1. The highest BCUT2D eigenvalue weighted by Gasteiger charge is 2.25. The minimum atomic E-state index is -0.879. The lowest BCUT2D eigenvalue weighted by molar-refractivity contribution is -0.385. The first-order chi connectivity index (χ1) is 14.3. The number of esters is 1. The van der Waals surface area contributed by atoms with Crippen LogP contribution in [0.2, 0.25) is 0 Å². The van der Waals surface area contributed by atoms with Gasteiger partial charge >= 0.3 is 11.7 Å². The number of methoxy groups -OCH3 is 1. The molecule has 1 aromatic heterocycles. The molecule has 0 unspecified atom stereocenters. The van der Waals surface area contributed by atoms with Gasteiger partial charge in [-0.05, 0) is 42.9 Å². The van der Waals surface area contributed by atoms with Crippen molar-refractivity contribution in [3.05, 3.63) is 49.9 Å². The van der Waals surface area contributed by atoms with Crippen LogP contribution in [0.4, 0.5) is 10.7 Å². The van der Waals surface area contributed by atoms with Crippen molar-refractivity contribution in [1.29, 1.82) is 5.26 Å². The molecule has 0 saturated heterocycles. The van der Waals surface area contributed by atoms with Gasteiger partial charge in [0.15, 0.2) is 12.4 Å². The maximum Gasteiger partial charge on any atom is 0.338 e. The average Bonchev–Trinajstić information content (AvgIpc) is 3.07. The predicted molar refractivity (Wildman–Crippen MR) is 109 cm³/mol. The minimum absolute atomic E-state index is 0.00862. The van der Waals surface area contributed by atoms with Crippen molar-refractivity contribution in [1.82, 2.24) is 0 Å². The first-order valence-electron chi connectivity index (χ1n) is 9.18. The summed E-state index contributed by atoms with van der Waals surface area (Å²) in [5.74, 6) is -0.930. The van der Waals surface area contributed by atoms with Gasteiger partial charge in [0.2, 0.25) is 0 Å². The van der Waals surface area contributed by atoms with Gasteiger partial charge in [-0.25, -0.2) is 4.79 Å². The van der Waals surface area contributed by atoms with Gasteiger partial charge in [0.05, 0.1) is 23.2 Å². The van der Waals surface area contributed by atoms with E-state index in [0.29, 0.717) is 16.5 Å². The minimum Gasteiger partial charge on any atom is -0.490 e. The lowest BCUT2D eigenvalue weighted by Gasteiger charge is -2.17. The van der Waals surface area contributed by atoms with E-state index >= 15 is 0 Å². The van der Waals surface area contributed by atoms with Crippen LogP contribution >= 0.6 is 11.3 Å². The van der Waals surface area contributed by atoms with Crippen LogP contribution < -0.4 is 10.1 Å². The van der Waals surface area contributed by atoms with Gasteiger partial charge in [0.1, 0.15) is 11.1 Å². The summed E-state index contributed by atoms with van der Waals surface area (Å²) in [6.45, 7) is 1.57. The Morgan fingerprint density at radius 1 is 1.43 bits per heavy atom. The number of rotatable bonds is 6. The van der Waals surface area contributed by atoms with Gasteiger partial charge in [-0.15, -0.1) is 11.3 Å². The molecule has 0 saturated carbocycles. The Morgan fingerprint density at radius 2 is 2.20 bits per heavy atom. The maximum absolute atomic E-state index is 12.2. The van der Waals surface area contributed by atoms with Crippen molar-refractivity contribution < 1.29 is 24.0 Å². The number of thiophene rings is 1. The quantitative estimate of drug-likeness (QED) is 0.422. The molecule has 10 heteroatoms. The van der Waals surface area contributed by atoms with Gasteiger partial charge in [0.25, 0.3) is 5.91 Å². The molecule has 1 aliphatic rings. The largest absolute Gasteiger partial charge is 0.490 e. The predicted octanol–water partition coefficient (Wildman–Crippen LogP) is 3.46. The van der Waals surface area contributed by atoms with Gasteiger partial charge in [-0.2, -0.15) is 5.26 Å². The highest BCUT2D eigenvalue weighted by atomic mass is 32.1. The van der Waals surface area contributed by atoms with Crippen molar-refractivity contribution >= 4 is 33.9 Å². The van der Waals surface area contributed by atoms with Crippen molar-refractivity contribution in [2.24, 2.45) is 5.92 Å². The molecule has 156 valence electrons. The molecule has 0 fully saturated rings. The van der Waals surface area contributed by atoms with E-state index in [9.17, 15) is 25.0 Å². The first kappa shape index (κ1) is 21.3. The summed E-state index contributed by atoms with van der Waals surface area (Å²) in [7, 11) is 1.28. The number of nitro groups is 1. The first-order valence-corrected chi connectivity index (χ1v) is 9.99. The smallest absolute Gasteiger partial charge is 0.338 e. The second kappa shape index (κ2) is 8.92. The van der Waals surface area contributed by atoms with Gasteiger partial charge < -0.3 is 14.8 Å². The van der Waals surface area contributed by atoms with E-state index in [-0.39, 0.29) is 17.0 Å². The van der Waals surface area contributed by atoms with Crippen molar-refractivity contribution in [2.75, 3.05) is 19.0 Å². The normalized spacial score (nSPS) is 14.9. The molecular weight excluding hydrogens is 410 g/mol. The van der Waals surface area contributed by atoms with Crippen LogP contribution in [0, 0.1) is 27.4 Å². The Labute approximate surface area is 176 Å². The average molecular weight is 429 g/mol. The van der Waals surface area contributed by atoms with E-state index < -0.39 is 23.4 Å². The summed E-state index contributed by atoms with van der Waals surface area (Å²) in [6.07, 6.45) is 2.67. The summed E-state index contributed by atoms with van der Waals surface area (Å²) in [6, 6.07) is 5.78. The second-order valence-electron chi connectivity index (χ2n) is 6.94. The Balaban J connectivity index is 1.66. The number of nitrogens with one attached hydrogen (secondary N) is 1. The molecule has 0 spiro atoms. The molecule has 1 N–H and O–H groups in total. The van der Waals surface area contributed by atoms with Crippen LogP contribution in [0.15, 0.2) is 18.2 Å². The molecule has 30 heavy (non-hydrogen) atoms. The molecule has 1 atom stereocenters. The third-order valence-corrected chi connectivity index (χ3v) is 5.99. The second-order valence-corrected chi connectivity index (χ2v) is 8.04. The van der Waals surface area contributed by atoms with Crippen molar-refractivity contribution in [2.45, 2.75) is 26.2 Å². The number of ether oxygens (including phenoxy) is 2. The van der Waals surface area contributed by atoms with E-state index in [1.165, 1.54) is 30.6 Å². The van der Waals surface area contributed by atoms with Gasteiger partial charge in [0, 0.05) is 10.9 Å².